The van der Waals surface area contributed by atoms with Gasteiger partial charge in [0.1, 0.15) is 11.0 Å². The van der Waals surface area contributed by atoms with E-state index in [2.05, 4.69) is 20.4 Å². The molecule has 0 unspecified atom stereocenters. The number of H-pyrrole nitrogens is 2. The van der Waals surface area contributed by atoms with Crippen molar-refractivity contribution in [1.82, 2.24) is 25.0 Å². The van der Waals surface area contributed by atoms with E-state index in [4.69, 9.17) is 0 Å². The van der Waals surface area contributed by atoms with Crippen molar-refractivity contribution >= 4 is 22.1 Å². The minimum atomic E-state index is -0.128. The monoisotopic (exact) mass is 189 g/mol. The van der Waals surface area contributed by atoms with Crippen LogP contribution in [-0.2, 0) is 7.05 Å². The van der Waals surface area contributed by atoms with Gasteiger partial charge in [0.05, 0.1) is 11.0 Å². The summed E-state index contributed by atoms with van der Waals surface area (Å²) in [6.45, 7) is 0. The van der Waals surface area contributed by atoms with Gasteiger partial charge in [0.15, 0.2) is 0 Å². The molecule has 2 aromatic heterocycles. The predicted octanol–water partition coefficient (Wildman–Crippen LogP) is 0.138. The van der Waals surface area contributed by atoms with Crippen LogP contribution < -0.4 is 5.69 Å². The van der Waals surface area contributed by atoms with Crippen molar-refractivity contribution in [3.63, 3.8) is 0 Å². The smallest absolute Gasteiger partial charge is 0.305 e. The van der Waals surface area contributed by atoms with Gasteiger partial charge < -0.3 is 4.98 Å². The zero-order chi connectivity index (χ0) is 9.71. The number of imidazole rings is 1. The molecule has 0 aliphatic carbocycles. The van der Waals surface area contributed by atoms with E-state index in [1.165, 1.54) is 0 Å². The minimum Gasteiger partial charge on any atom is -0.305 e. The van der Waals surface area contributed by atoms with Crippen molar-refractivity contribution in [1.29, 1.82) is 0 Å². The predicted molar refractivity (Wildman–Crippen MR) is 51.0 cm³/mol. The lowest BCUT2D eigenvalue weighted by Crippen LogP contribution is -2.11. The number of aryl methyl sites for hydroxylation is 1. The number of benzene rings is 1. The van der Waals surface area contributed by atoms with Crippen LogP contribution in [0.25, 0.3) is 22.1 Å². The first-order valence-electron chi connectivity index (χ1n) is 4.15. The van der Waals surface area contributed by atoms with Crippen LogP contribution in [0, 0.1) is 0 Å². The largest absolute Gasteiger partial charge is 0.326 e. The Morgan fingerprint density at radius 1 is 1.29 bits per heavy atom. The zero-order valence-corrected chi connectivity index (χ0v) is 7.40. The summed E-state index contributed by atoms with van der Waals surface area (Å²) >= 11 is 0. The fourth-order valence-electron chi connectivity index (χ4n) is 1.56. The lowest BCUT2D eigenvalue weighted by molar-refractivity contribution is 0.891. The van der Waals surface area contributed by atoms with Gasteiger partial charge in [0, 0.05) is 7.05 Å². The van der Waals surface area contributed by atoms with Crippen molar-refractivity contribution in [2.75, 3.05) is 0 Å². The maximum atomic E-state index is 11.3. The van der Waals surface area contributed by atoms with Gasteiger partial charge in [-0.25, -0.2) is 4.79 Å². The van der Waals surface area contributed by atoms with Gasteiger partial charge in [-0.2, -0.15) is 15.4 Å². The van der Waals surface area contributed by atoms with Crippen LogP contribution in [-0.4, -0.2) is 25.0 Å². The van der Waals surface area contributed by atoms with E-state index >= 15 is 0 Å². The first kappa shape index (κ1) is 7.31. The molecule has 0 aliphatic rings. The van der Waals surface area contributed by atoms with Gasteiger partial charge in [0.25, 0.3) is 0 Å². The van der Waals surface area contributed by atoms with E-state index in [9.17, 15) is 4.79 Å². The van der Waals surface area contributed by atoms with Crippen LogP contribution >= 0.6 is 0 Å². The third-order valence-corrected chi connectivity index (χ3v) is 2.34. The highest BCUT2D eigenvalue weighted by atomic mass is 16.1. The molecule has 14 heavy (non-hydrogen) atoms. The van der Waals surface area contributed by atoms with Crippen LogP contribution in [0.15, 0.2) is 16.9 Å². The van der Waals surface area contributed by atoms with E-state index in [-0.39, 0.29) is 5.69 Å². The molecule has 0 radical (unpaired) electrons. The minimum absolute atomic E-state index is 0.128. The van der Waals surface area contributed by atoms with E-state index < -0.39 is 0 Å². The molecule has 0 saturated carbocycles. The summed E-state index contributed by atoms with van der Waals surface area (Å²) in [5.41, 5.74) is 2.98. The lowest BCUT2D eigenvalue weighted by Gasteiger charge is -1.91. The van der Waals surface area contributed by atoms with Gasteiger partial charge in [-0.3, -0.25) is 4.57 Å². The number of aromatic nitrogens is 5. The fraction of sp³-hybridized carbons (Fsp3) is 0.125. The Morgan fingerprint density at radius 3 is 2.79 bits per heavy atom. The SMILES string of the molecule is Cn1c(=O)[nH]c2cc3n[nH]nc3cc21. The number of hydrogen-bond acceptors (Lipinski definition) is 3. The maximum Gasteiger partial charge on any atom is 0.326 e. The summed E-state index contributed by atoms with van der Waals surface area (Å²) in [4.78, 5) is 14.0. The Morgan fingerprint density at radius 2 is 2.00 bits per heavy atom. The van der Waals surface area contributed by atoms with Gasteiger partial charge in [-0.15, -0.1) is 0 Å². The molecule has 3 rings (SSSR count). The van der Waals surface area contributed by atoms with Crippen LogP contribution in [0.3, 0.4) is 0 Å². The van der Waals surface area contributed by atoms with Crippen LogP contribution in [0.4, 0.5) is 0 Å². The van der Waals surface area contributed by atoms with Crippen molar-refractivity contribution in [2.45, 2.75) is 0 Å². The van der Waals surface area contributed by atoms with Crippen LogP contribution in [0.2, 0.25) is 0 Å². The second-order valence-electron chi connectivity index (χ2n) is 3.17. The molecule has 0 atom stereocenters. The van der Waals surface area contributed by atoms with E-state index in [1.54, 1.807) is 17.7 Å². The highest BCUT2D eigenvalue weighted by molar-refractivity contribution is 5.90. The number of nitrogens with zero attached hydrogens (tertiary/aromatic N) is 3. The van der Waals surface area contributed by atoms with Crippen molar-refractivity contribution in [2.24, 2.45) is 7.05 Å². The first-order chi connectivity index (χ1) is 6.75. The van der Waals surface area contributed by atoms with Crippen LogP contribution in [0.1, 0.15) is 0 Å². The molecule has 1 aromatic carbocycles. The fourth-order valence-corrected chi connectivity index (χ4v) is 1.56. The topological polar surface area (TPSA) is 79.4 Å². The second kappa shape index (κ2) is 2.22. The Bertz CT molecular complexity index is 674. The summed E-state index contributed by atoms with van der Waals surface area (Å²) in [6, 6.07) is 3.63. The molecule has 0 aliphatic heterocycles. The molecule has 0 fully saturated rings. The normalized spacial score (nSPS) is 11.5. The van der Waals surface area contributed by atoms with E-state index in [0.717, 1.165) is 22.1 Å². The maximum absolute atomic E-state index is 11.3. The standard InChI is InChI=1S/C8H7N5O/c1-13-7-3-5-4(10-12-11-5)2-6(7)9-8(13)14/h2-3H,1H3,(H,9,14)(H,10,11,12). The van der Waals surface area contributed by atoms with Gasteiger partial charge in [-0.05, 0) is 12.1 Å². The summed E-state index contributed by atoms with van der Waals surface area (Å²) in [5.74, 6) is 0. The van der Waals surface area contributed by atoms with Crippen molar-refractivity contribution in [3.8, 4) is 0 Å². The lowest BCUT2D eigenvalue weighted by atomic mass is 10.3. The Balaban J connectivity index is 2.62. The van der Waals surface area contributed by atoms with Gasteiger partial charge >= 0.3 is 5.69 Å². The molecule has 2 heterocycles. The first-order valence-corrected chi connectivity index (χ1v) is 4.15. The number of fused-ring (bicyclic) bond motifs is 2. The Hall–Kier alpha value is -2.11. The molecule has 3 aromatic rings. The molecular formula is C8H7N5O. The summed E-state index contributed by atoms with van der Waals surface area (Å²) in [6.07, 6.45) is 0. The molecule has 6 nitrogen and oxygen atoms in total. The van der Waals surface area contributed by atoms with E-state index in [1.807, 2.05) is 6.07 Å². The summed E-state index contributed by atoms with van der Waals surface area (Å²) in [5, 5.41) is 10.4. The number of rotatable bonds is 0. The molecule has 6 heteroatoms. The molecule has 2 N–H and O–H groups in total. The molecule has 0 spiro atoms. The van der Waals surface area contributed by atoms with Gasteiger partial charge in [-0.1, -0.05) is 0 Å². The van der Waals surface area contributed by atoms with Crippen molar-refractivity contribution < 1.29 is 0 Å². The molecule has 0 saturated heterocycles. The Kier molecular flexibility index (Phi) is 1.16. The molecule has 70 valence electrons. The second-order valence-corrected chi connectivity index (χ2v) is 3.17. The summed E-state index contributed by atoms with van der Waals surface area (Å²) < 4.78 is 1.55. The third kappa shape index (κ3) is 0.769. The molecule has 0 amide bonds. The quantitative estimate of drug-likeness (QED) is 0.527. The highest BCUT2D eigenvalue weighted by Crippen LogP contribution is 2.15. The third-order valence-electron chi connectivity index (χ3n) is 2.34. The number of hydrogen-bond donors (Lipinski definition) is 2. The Labute approximate surface area is 77.5 Å². The average molecular weight is 189 g/mol. The van der Waals surface area contributed by atoms with Crippen molar-refractivity contribution in [3.05, 3.63) is 22.6 Å². The molecule has 0 bridgehead atoms. The number of aromatic amines is 2. The summed E-state index contributed by atoms with van der Waals surface area (Å²) in [7, 11) is 1.72. The van der Waals surface area contributed by atoms with Crippen LogP contribution in [0.5, 0.6) is 0 Å². The zero-order valence-electron chi connectivity index (χ0n) is 7.40. The average Bonchev–Trinajstić information content (AvgIpc) is 2.70. The van der Waals surface area contributed by atoms with E-state index in [0.29, 0.717) is 0 Å². The molecular weight excluding hydrogens is 182 g/mol. The highest BCUT2D eigenvalue weighted by Gasteiger charge is 2.06. The van der Waals surface area contributed by atoms with Gasteiger partial charge in [0.2, 0.25) is 0 Å². The number of nitrogens with one attached hydrogen (secondary N) is 2.